The summed E-state index contributed by atoms with van der Waals surface area (Å²) >= 11 is 0. The number of alkyl carbamates (subject to hydrolysis) is 1. The Labute approximate surface area is 208 Å². The number of carbonyl (C=O) groups is 1. The van der Waals surface area contributed by atoms with Gasteiger partial charge in [-0.1, -0.05) is 60.7 Å². The molecule has 2 rings (SSSR count). The van der Waals surface area contributed by atoms with Crippen molar-refractivity contribution in [3.05, 3.63) is 71.8 Å². The highest BCUT2D eigenvalue weighted by atomic mass is 127. The number of carbonyl (C=O) groups excluding carboxylic acids is 1. The van der Waals surface area contributed by atoms with Crippen LogP contribution in [-0.2, 0) is 4.74 Å². The molecule has 0 aliphatic heterocycles. The Bertz CT molecular complexity index is 826. The third-order valence-corrected chi connectivity index (χ3v) is 4.60. The minimum absolute atomic E-state index is 0. The van der Waals surface area contributed by atoms with Crippen LogP contribution in [0.2, 0.25) is 0 Å². The number of rotatable bonds is 8. The Morgan fingerprint density at radius 3 is 2.00 bits per heavy atom. The number of aliphatic hydroxyl groups is 1. The minimum atomic E-state index is -0.576. The predicted molar refractivity (Wildman–Crippen MR) is 140 cm³/mol. The molecule has 8 heteroatoms. The highest BCUT2D eigenvalue weighted by Gasteiger charge is 2.21. The van der Waals surface area contributed by atoms with E-state index in [9.17, 15) is 9.90 Å². The number of aliphatic imine (C=N–C) groups is 1. The third kappa shape index (κ3) is 9.86. The van der Waals surface area contributed by atoms with Gasteiger partial charge in [0.1, 0.15) is 5.60 Å². The normalized spacial score (nSPS) is 13.3. The van der Waals surface area contributed by atoms with Crippen LogP contribution >= 0.6 is 24.0 Å². The topological polar surface area (TPSA) is 95.0 Å². The number of amides is 1. The van der Waals surface area contributed by atoms with Gasteiger partial charge in [-0.3, -0.25) is 4.99 Å². The highest BCUT2D eigenvalue weighted by molar-refractivity contribution is 14.0. The van der Waals surface area contributed by atoms with Crippen molar-refractivity contribution in [2.24, 2.45) is 4.99 Å². The van der Waals surface area contributed by atoms with Crippen LogP contribution in [0.3, 0.4) is 0 Å². The summed E-state index contributed by atoms with van der Waals surface area (Å²) < 4.78 is 5.41. The van der Waals surface area contributed by atoms with Gasteiger partial charge in [-0.05, 0) is 31.9 Å². The van der Waals surface area contributed by atoms with Crippen molar-refractivity contribution in [2.75, 3.05) is 26.7 Å². The molecule has 2 aromatic rings. The van der Waals surface area contributed by atoms with Crippen molar-refractivity contribution in [2.45, 2.75) is 38.3 Å². The van der Waals surface area contributed by atoms with Crippen molar-refractivity contribution in [1.29, 1.82) is 0 Å². The van der Waals surface area contributed by atoms with Crippen LogP contribution in [0, 0.1) is 0 Å². The van der Waals surface area contributed by atoms with Crippen molar-refractivity contribution in [3.63, 3.8) is 0 Å². The summed E-state index contributed by atoms with van der Waals surface area (Å²) in [6.45, 7) is 6.46. The lowest BCUT2D eigenvalue weighted by molar-refractivity contribution is 0.0504. The van der Waals surface area contributed by atoms with Gasteiger partial charge in [-0.25, -0.2) is 4.79 Å². The van der Waals surface area contributed by atoms with Gasteiger partial charge in [0.05, 0.1) is 12.6 Å². The zero-order chi connectivity index (χ0) is 22.7. The van der Waals surface area contributed by atoms with E-state index in [1.165, 1.54) is 0 Å². The molecule has 32 heavy (non-hydrogen) atoms. The summed E-state index contributed by atoms with van der Waals surface area (Å²) in [5, 5.41) is 19.2. The molecule has 176 valence electrons. The van der Waals surface area contributed by atoms with Crippen LogP contribution in [0.5, 0.6) is 0 Å². The van der Waals surface area contributed by atoms with Crippen LogP contribution in [0.4, 0.5) is 4.79 Å². The zero-order valence-corrected chi connectivity index (χ0v) is 21.5. The van der Waals surface area contributed by atoms with E-state index in [0.29, 0.717) is 19.0 Å². The van der Waals surface area contributed by atoms with E-state index in [-0.39, 0.29) is 42.5 Å². The maximum Gasteiger partial charge on any atom is 0.408 e. The lowest BCUT2D eigenvalue weighted by Gasteiger charge is -2.25. The molecule has 7 nitrogen and oxygen atoms in total. The largest absolute Gasteiger partial charge is 0.444 e. The molecule has 0 aliphatic carbocycles. The van der Waals surface area contributed by atoms with E-state index in [0.717, 1.165) is 11.1 Å². The first-order valence-corrected chi connectivity index (χ1v) is 10.5. The fraction of sp³-hybridized carbons (Fsp3) is 0.417. The van der Waals surface area contributed by atoms with Crippen LogP contribution in [0.1, 0.15) is 43.9 Å². The third-order valence-electron chi connectivity index (χ3n) is 4.60. The van der Waals surface area contributed by atoms with E-state index in [1.54, 1.807) is 7.05 Å². The second-order valence-corrected chi connectivity index (χ2v) is 8.23. The number of nitrogens with one attached hydrogen (secondary N) is 3. The van der Waals surface area contributed by atoms with Gasteiger partial charge in [0.15, 0.2) is 5.96 Å². The van der Waals surface area contributed by atoms with Gasteiger partial charge in [0, 0.05) is 26.1 Å². The molecule has 0 saturated heterocycles. The van der Waals surface area contributed by atoms with E-state index in [2.05, 4.69) is 20.9 Å². The first-order valence-electron chi connectivity index (χ1n) is 10.5. The predicted octanol–water partition coefficient (Wildman–Crippen LogP) is 3.81. The number of aliphatic hydroxyl groups excluding tert-OH is 1. The van der Waals surface area contributed by atoms with Gasteiger partial charge in [0.2, 0.25) is 0 Å². The fourth-order valence-corrected chi connectivity index (χ4v) is 3.04. The summed E-state index contributed by atoms with van der Waals surface area (Å²) in [4.78, 5) is 16.6. The van der Waals surface area contributed by atoms with E-state index in [4.69, 9.17) is 4.74 Å². The van der Waals surface area contributed by atoms with Gasteiger partial charge in [0.25, 0.3) is 0 Å². The summed E-state index contributed by atoms with van der Waals surface area (Å²) in [6.07, 6.45) is -0.476. The number of benzene rings is 2. The standard InChI is InChI=1S/C24H34N4O3.HI/c1-24(2,3)31-23(30)28-21(19-13-9-6-10-14-19)16-27-22(25-4)26-15-20(17-29)18-11-7-5-8-12-18;/h5-14,20-21,29H,15-17H2,1-4H3,(H,28,30)(H2,25,26,27);1H. The monoisotopic (exact) mass is 554 g/mol. The molecule has 2 atom stereocenters. The Morgan fingerprint density at radius 1 is 0.969 bits per heavy atom. The second-order valence-electron chi connectivity index (χ2n) is 8.23. The summed E-state index contributed by atoms with van der Waals surface area (Å²) in [5.74, 6) is 0.533. The van der Waals surface area contributed by atoms with Crippen LogP contribution < -0.4 is 16.0 Å². The van der Waals surface area contributed by atoms with E-state index >= 15 is 0 Å². The molecule has 0 fully saturated rings. The molecule has 1 amide bonds. The average Bonchev–Trinajstić information content (AvgIpc) is 2.75. The number of ether oxygens (including phenoxy) is 1. The molecular formula is C24H35IN4O3. The van der Waals surface area contributed by atoms with Crippen LogP contribution in [-0.4, -0.2) is 49.5 Å². The van der Waals surface area contributed by atoms with Gasteiger partial charge in [-0.15, -0.1) is 24.0 Å². The van der Waals surface area contributed by atoms with Crippen molar-refractivity contribution >= 4 is 36.0 Å². The molecule has 2 aromatic carbocycles. The lowest BCUT2D eigenvalue weighted by Crippen LogP contribution is -2.45. The second kappa shape index (κ2) is 13.9. The van der Waals surface area contributed by atoms with Gasteiger partial charge >= 0.3 is 6.09 Å². The van der Waals surface area contributed by atoms with Crippen molar-refractivity contribution in [3.8, 4) is 0 Å². The Kier molecular flexibility index (Phi) is 12.1. The highest BCUT2D eigenvalue weighted by Crippen LogP contribution is 2.15. The van der Waals surface area contributed by atoms with E-state index < -0.39 is 11.7 Å². The molecule has 2 unspecified atom stereocenters. The van der Waals surface area contributed by atoms with E-state index in [1.807, 2.05) is 81.4 Å². The molecule has 0 aliphatic rings. The number of halogens is 1. The first kappa shape index (κ1) is 27.7. The van der Waals surface area contributed by atoms with Crippen LogP contribution in [0.15, 0.2) is 65.7 Å². The number of guanidine groups is 1. The summed E-state index contributed by atoms with van der Waals surface area (Å²) in [6, 6.07) is 19.2. The maximum atomic E-state index is 12.3. The molecule has 0 aromatic heterocycles. The van der Waals surface area contributed by atoms with Crippen molar-refractivity contribution in [1.82, 2.24) is 16.0 Å². The lowest BCUT2D eigenvalue weighted by atomic mass is 10.0. The average molecular weight is 554 g/mol. The zero-order valence-electron chi connectivity index (χ0n) is 19.2. The minimum Gasteiger partial charge on any atom is -0.444 e. The summed E-state index contributed by atoms with van der Waals surface area (Å²) in [7, 11) is 1.69. The Hall–Kier alpha value is -2.33. The van der Waals surface area contributed by atoms with Gasteiger partial charge in [-0.2, -0.15) is 0 Å². The molecule has 4 N–H and O–H groups in total. The van der Waals surface area contributed by atoms with Gasteiger partial charge < -0.3 is 25.8 Å². The molecule has 0 saturated carbocycles. The molecule has 0 bridgehead atoms. The van der Waals surface area contributed by atoms with Crippen LogP contribution in [0.25, 0.3) is 0 Å². The quantitative estimate of drug-likeness (QED) is 0.226. The summed E-state index contributed by atoms with van der Waals surface area (Å²) in [5.41, 5.74) is 1.43. The Balaban J connectivity index is 0.00000512. The molecular weight excluding hydrogens is 519 g/mol. The smallest absolute Gasteiger partial charge is 0.408 e. The number of hydrogen-bond acceptors (Lipinski definition) is 4. The Morgan fingerprint density at radius 2 is 1.50 bits per heavy atom. The SMILES string of the molecule is CN=C(NCC(CO)c1ccccc1)NCC(NC(=O)OC(C)(C)C)c1ccccc1.I. The van der Waals surface area contributed by atoms with Crippen molar-refractivity contribution < 1.29 is 14.6 Å². The number of hydrogen-bond donors (Lipinski definition) is 4. The number of nitrogens with zero attached hydrogens (tertiary/aromatic N) is 1. The molecule has 0 spiro atoms. The fourth-order valence-electron chi connectivity index (χ4n) is 3.04. The molecule has 0 heterocycles. The maximum absolute atomic E-state index is 12.3. The molecule has 0 radical (unpaired) electrons. The first-order chi connectivity index (χ1) is 14.8.